The van der Waals surface area contributed by atoms with E-state index in [0.717, 1.165) is 21.2 Å². The molecule has 30 heavy (non-hydrogen) atoms. The van der Waals surface area contributed by atoms with Crippen LogP contribution in [0.5, 0.6) is 0 Å². The topological polar surface area (TPSA) is 57.6 Å². The Hall–Kier alpha value is -3.18. The first-order chi connectivity index (χ1) is 14.4. The van der Waals surface area contributed by atoms with Crippen LogP contribution in [0, 0.1) is 13.8 Å². The van der Waals surface area contributed by atoms with Crippen molar-refractivity contribution in [1.29, 1.82) is 0 Å². The average Bonchev–Trinajstić information content (AvgIpc) is 3.01. The fourth-order valence-corrected chi connectivity index (χ4v) is 4.04. The molecular formula is C25H20BrNO3. The summed E-state index contributed by atoms with van der Waals surface area (Å²) in [6.45, 7) is 3.86. The van der Waals surface area contributed by atoms with E-state index in [1.807, 2.05) is 62.4 Å². The van der Waals surface area contributed by atoms with Crippen molar-refractivity contribution in [3.8, 4) is 0 Å². The summed E-state index contributed by atoms with van der Waals surface area (Å²) < 4.78 is 0.902. The Balaban J connectivity index is 1.96. The van der Waals surface area contributed by atoms with Gasteiger partial charge in [0, 0.05) is 15.7 Å². The number of halogens is 1. The van der Waals surface area contributed by atoms with Crippen molar-refractivity contribution in [2.75, 3.05) is 4.90 Å². The van der Waals surface area contributed by atoms with Gasteiger partial charge in [0.2, 0.25) is 0 Å². The van der Waals surface area contributed by atoms with Crippen LogP contribution >= 0.6 is 15.9 Å². The van der Waals surface area contributed by atoms with Crippen molar-refractivity contribution in [1.82, 2.24) is 0 Å². The molecule has 1 aliphatic heterocycles. The third-order valence-corrected chi connectivity index (χ3v) is 6.16. The summed E-state index contributed by atoms with van der Waals surface area (Å²) in [7, 11) is 0. The van der Waals surface area contributed by atoms with Crippen molar-refractivity contribution in [2.45, 2.75) is 19.9 Å². The van der Waals surface area contributed by atoms with E-state index in [-0.39, 0.29) is 11.3 Å². The number of amides is 1. The maximum absolute atomic E-state index is 13.1. The van der Waals surface area contributed by atoms with Crippen LogP contribution in [0.4, 0.5) is 5.69 Å². The predicted molar refractivity (Wildman–Crippen MR) is 121 cm³/mol. The second-order valence-electron chi connectivity index (χ2n) is 7.38. The number of anilines is 1. The lowest BCUT2D eigenvalue weighted by molar-refractivity contribution is -0.132. The highest BCUT2D eigenvalue weighted by atomic mass is 79.9. The fraction of sp³-hybridized carbons (Fsp3) is 0.120. The molecule has 4 nitrogen and oxygen atoms in total. The number of benzene rings is 3. The minimum atomic E-state index is -0.712. The fourth-order valence-electron chi connectivity index (χ4n) is 3.79. The Bertz CT molecular complexity index is 1180. The third-order valence-electron chi connectivity index (χ3n) is 5.27. The molecule has 1 fully saturated rings. The summed E-state index contributed by atoms with van der Waals surface area (Å²) in [5.41, 5.74) is 3.90. The first-order valence-electron chi connectivity index (χ1n) is 9.57. The molecule has 1 aliphatic rings. The monoisotopic (exact) mass is 461 g/mol. The molecule has 1 amide bonds. The number of hydrogen-bond acceptors (Lipinski definition) is 3. The molecule has 0 saturated carbocycles. The lowest BCUT2D eigenvalue weighted by Crippen LogP contribution is -2.29. The molecule has 0 radical (unpaired) electrons. The van der Waals surface area contributed by atoms with Crippen molar-refractivity contribution < 1.29 is 14.7 Å². The van der Waals surface area contributed by atoms with E-state index in [0.29, 0.717) is 11.3 Å². The van der Waals surface area contributed by atoms with E-state index in [4.69, 9.17) is 0 Å². The first-order valence-corrected chi connectivity index (χ1v) is 10.4. The minimum absolute atomic E-state index is 0.0937. The summed E-state index contributed by atoms with van der Waals surface area (Å²) in [6, 6.07) is 21.4. The molecule has 1 N–H and O–H groups in total. The van der Waals surface area contributed by atoms with Gasteiger partial charge in [-0.2, -0.15) is 0 Å². The molecule has 4 rings (SSSR count). The van der Waals surface area contributed by atoms with E-state index in [1.165, 1.54) is 4.90 Å². The van der Waals surface area contributed by atoms with Gasteiger partial charge >= 0.3 is 0 Å². The molecule has 0 aliphatic carbocycles. The van der Waals surface area contributed by atoms with Crippen LogP contribution < -0.4 is 4.90 Å². The summed E-state index contributed by atoms with van der Waals surface area (Å²) >= 11 is 3.45. The van der Waals surface area contributed by atoms with E-state index in [2.05, 4.69) is 15.9 Å². The zero-order valence-corrected chi connectivity index (χ0v) is 18.2. The van der Waals surface area contributed by atoms with Crippen LogP contribution in [-0.4, -0.2) is 16.8 Å². The zero-order chi connectivity index (χ0) is 21.4. The van der Waals surface area contributed by atoms with Gasteiger partial charge < -0.3 is 5.11 Å². The molecule has 150 valence electrons. The number of para-hydroxylation sites is 1. The van der Waals surface area contributed by atoms with Crippen molar-refractivity contribution >= 4 is 39.1 Å². The van der Waals surface area contributed by atoms with Crippen molar-refractivity contribution in [3.63, 3.8) is 0 Å². The highest BCUT2D eigenvalue weighted by molar-refractivity contribution is 9.10. The highest BCUT2D eigenvalue weighted by Crippen LogP contribution is 2.42. The van der Waals surface area contributed by atoms with Crippen LogP contribution in [0.3, 0.4) is 0 Å². The molecule has 1 heterocycles. The van der Waals surface area contributed by atoms with E-state index in [1.54, 1.807) is 24.3 Å². The normalized spacial score (nSPS) is 18.1. The van der Waals surface area contributed by atoms with E-state index in [9.17, 15) is 14.7 Å². The van der Waals surface area contributed by atoms with Gasteiger partial charge in [-0.15, -0.1) is 0 Å². The van der Waals surface area contributed by atoms with Gasteiger partial charge in [0.25, 0.3) is 11.7 Å². The Labute approximate surface area is 183 Å². The lowest BCUT2D eigenvalue weighted by Gasteiger charge is -2.25. The largest absolute Gasteiger partial charge is 0.507 e. The number of nitrogens with zero attached hydrogens (tertiary/aromatic N) is 1. The summed E-state index contributed by atoms with van der Waals surface area (Å²) in [5.74, 6) is -1.51. The smallest absolute Gasteiger partial charge is 0.300 e. The molecule has 5 heteroatoms. The standard InChI is InChI=1S/C25H20BrNO3/c1-15-7-6-8-17(13-15)22-21(23(28)18-11-12-20(26)16(2)14-18)24(29)25(30)27(22)19-9-4-3-5-10-19/h3-14,22,28H,1-2H3/b23-21-. The number of carbonyl (C=O) groups excluding carboxylic acids is 2. The van der Waals surface area contributed by atoms with Gasteiger partial charge in [0.1, 0.15) is 5.76 Å². The van der Waals surface area contributed by atoms with Gasteiger partial charge in [0.15, 0.2) is 0 Å². The number of aliphatic hydroxyl groups excluding tert-OH is 1. The van der Waals surface area contributed by atoms with Gasteiger partial charge in [-0.3, -0.25) is 14.5 Å². The molecule has 0 spiro atoms. The van der Waals surface area contributed by atoms with Crippen LogP contribution in [0.25, 0.3) is 5.76 Å². The molecule has 3 aromatic rings. The number of carbonyl (C=O) groups is 2. The number of rotatable bonds is 3. The summed E-state index contributed by atoms with van der Waals surface area (Å²) in [4.78, 5) is 27.6. The Morgan fingerprint density at radius 3 is 2.33 bits per heavy atom. The molecular weight excluding hydrogens is 442 g/mol. The number of ketones is 1. The molecule has 3 aromatic carbocycles. The quantitative estimate of drug-likeness (QED) is 0.309. The summed E-state index contributed by atoms with van der Waals surface area (Å²) in [5, 5.41) is 11.2. The minimum Gasteiger partial charge on any atom is -0.507 e. The maximum atomic E-state index is 13.1. The SMILES string of the molecule is Cc1cccc(C2/C(=C(/O)c3ccc(Br)c(C)c3)C(=O)C(=O)N2c2ccccc2)c1. The van der Waals surface area contributed by atoms with Crippen LogP contribution in [-0.2, 0) is 9.59 Å². The third kappa shape index (κ3) is 3.46. The molecule has 1 unspecified atom stereocenters. The molecule has 1 atom stereocenters. The van der Waals surface area contributed by atoms with Gasteiger partial charge in [0.05, 0.1) is 11.6 Å². The molecule has 0 bridgehead atoms. The number of aryl methyl sites for hydroxylation is 2. The Morgan fingerprint density at radius 1 is 0.933 bits per heavy atom. The number of aliphatic hydroxyl groups is 1. The summed E-state index contributed by atoms with van der Waals surface area (Å²) in [6.07, 6.45) is 0. The van der Waals surface area contributed by atoms with E-state index >= 15 is 0 Å². The zero-order valence-electron chi connectivity index (χ0n) is 16.6. The van der Waals surface area contributed by atoms with Gasteiger partial charge in [-0.1, -0.05) is 70.0 Å². The average molecular weight is 462 g/mol. The maximum Gasteiger partial charge on any atom is 0.300 e. The Morgan fingerprint density at radius 2 is 1.67 bits per heavy atom. The molecule has 0 aromatic heterocycles. The first kappa shape index (κ1) is 20.1. The second kappa shape index (κ2) is 7.92. The lowest BCUT2D eigenvalue weighted by atomic mass is 9.94. The van der Waals surface area contributed by atoms with Gasteiger partial charge in [-0.25, -0.2) is 0 Å². The van der Waals surface area contributed by atoms with Crippen molar-refractivity contribution in [3.05, 3.63) is 105 Å². The number of hydrogen-bond donors (Lipinski definition) is 1. The molecule has 1 saturated heterocycles. The van der Waals surface area contributed by atoms with Crippen molar-refractivity contribution in [2.24, 2.45) is 0 Å². The van der Waals surface area contributed by atoms with E-state index < -0.39 is 17.7 Å². The van der Waals surface area contributed by atoms with Gasteiger partial charge in [-0.05, 0) is 49.2 Å². The second-order valence-corrected chi connectivity index (χ2v) is 8.24. The predicted octanol–water partition coefficient (Wildman–Crippen LogP) is 5.69. The number of Topliss-reactive ketones (excluding diaryl/α,β-unsaturated/α-hetero) is 1. The highest BCUT2D eigenvalue weighted by Gasteiger charge is 2.46. The van der Waals surface area contributed by atoms with Crippen LogP contribution in [0.2, 0.25) is 0 Å². The van der Waals surface area contributed by atoms with Crippen LogP contribution in [0.1, 0.15) is 28.3 Å². The van der Waals surface area contributed by atoms with Crippen LogP contribution in [0.15, 0.2) is 82.8 Å². The Kier molecular flexibility index (Phi) is 5.31.